The number of hydrogen-bond acceptors (Lipinski definition) is 4. The van der Waals surface area contributed by atoms with Crippen LogP contribution < -0.4 is 0 Å². The molecule has 0 heterocycles. The molecule has 1 unspecified atom stereocenters. The molecule has 0 spiro atoms. The van der Waals surface area contributed by atoms with Gasteiger partial charge in [-0.3, -0.25) is 0 Å². The molecule has 0 aliphatic heterocycles. The first-order chi connectivity index (χ1) is 7.70. The van der Waals surface area contributed by atoms with Crippen LogP contribution in [-0.4, -0.2) is 22.4 Å². The van der Waals surface area contributed by atoms with Crippen LogP contribution in [0, 0.1) is 0 Å². The van der Waals surface area contributed by atoms with Gasteiger partial charge >= 0.3 is 5.97 Å². The van der Waals surface area contributed by atoms with Gasteiger partial charge in [0.05, 0.1) is 12.5 Å². The first-order valence-electron chi connectivity index (χ1n) is 6.23. The maximum Gasteiger partial charge on any atom is 0.344 e. The van der Waals surface area contributed by atoms with E-state index in [2.05, 4.69) is 11.8 Å². The van der Waals surface area contributed by atoms with Crippen molar-refractivity contribution in [3.8, 4) is 0 Å². The average molecular weight is 232 g/mol. The van der Waals surface area contributed by atoms with E-state index in [9.17, 15) is 9.90 Å². The van der Waals surface area contributed by atoms with Crippen molar-refractivity contribution < 1.29 is 20.0 Å². The summed E-state index contributed by atoms with van der Waals surface area (Å²) in [6.45, 7) is 2.19. The van der Waals surface area contributed by atoms with E-state index in [1.807, 2.05) is 0 Å². The number of aliphatic hydroxyl groups is 1. The summed E-state index contributed by atoms with van der Waals surface area (Å²) >= 11 is 0. The highest BCUT2D eigenvalue weighted by Gasteiger charge is 2.11. The van der Waals surface area contributed by atoms with E-state index in [0.717, 1.165) is 12.8 Å². The molecule has 0 radical (unpaired) electrons. The van der Waals surface area contributed by atoms with Gasteiger partial charge in [0, 0.05) is 0 Å². The molecule has 0 saturated carbocycles. The molecular formula is C12H24O4. The lowest BCUT2D eigenvalue weighted by Gasteiger charge is -2.07. The summed E-state index contributed by atoms with van der Waals surface area (Å²) in [6.07, 6.45) is 8.09. The first kappa shape index (κ1) is 15.4. The van der Waals surface area contributed by atoms with Crippen molar-refractivity contribution in [2.45, 2.75) is 70.8 Å². The summed E-state index contributed by atoms with van der Waals surface area (Å²) in [5, 5.41) is 17.4. The molecule has 0 aromatic heterocycles. The molecule has 1 atom stereocenters. The van der Waals surface area contributed by atoms with Crippen LogP contribution in [0.3, 0.4) is 0 Å². The van der Waals surface area contributed by atoms with Crippen LogP contribution in [0.5, 0.6) is 0 Å². The van der Waals surface area contributed by atoms with Crippen LogP contribution >= 0.6 is 0 Å². The molecule has 16 heavy (non-hydrogen) atoms. The fourth-order valence-corrected chi connectivity index (χ4v) is 1.67. The fourth-order valence-electron chi connectivity index (χ4n) is 1.67. The number of aliphatic hydroxyl groups excluding tert-OH is 1. The fraction of sp³-hybridized carbons (Fsp3) is 0.917. The van der Waals surface area contributed by atoms with Gasteiger partial charge in [0.1, 0.15) is 0 Å². The normalized spacial score (nSPS) is 12.4. The first-order valence-corrected chi connectivity index (χ1v) is 6.23. The van der Waals surface area contributed by atoms with Gasteiger partial charge in [-0.25, -0.2) is 4.79 Å². The predicted octanol–water partition coefficient (Wildman–Crippen LogP) is 2.89. The Labute approximate surface area is 97.5 Å². The van der Waals surface area contributed by atoms with Crippen LogP contribution in [0.2, 0.25) is 0 Å². The summed E-state index contributed by atoms with van der Waals surface area (Å²) in [5.41, 5.74) is 0. The maximum atomic E-state index is 10.6. The van der Waals surface area contributed by atoms with Crippen molar-refractivity contribution in [1.29, 1.82) is 0 Å². The van der Waals surface area contributed by atoms with Crippen LogP contribution in [0.25, 0.3) is 0 Å². The number of rotatable bonds is 10. The third-order valence-corrected chi connectivity index (χ3v) is 2.65. The summed E-state index contributed by atoms with van der Waals surface area (Å²) < 4.78 is 0. The van der Waals surface area contributed by atoms with Crippen molar-refractivity contribution in [2.24, 2.45) is 0 Å². The van der Waals surface area contributed by atoms with Crippen LogP contribution in [0.1, 0.15) is 64.7 Å². The van der Waals surface area contributed by atoms with E-state index < -0.39 is 12.1 Å². The van der Waals surface area contributed by atoms with Gasteiger partial charge in [-0.05, 0) is 6.42 Å². The van der Waals surface area contributed by atoms with Gasteiger partial charge in [-0.1, -0.05) is 51.9 Å². The molecule has 0 aliphatic carbocycles. The number of carbonyl (C=O) groups is 1. The van der Waals surface area contributed by atoms with Gasteiger partial charge in [0.2, 0.25) is 0 Å². The van der Waals surface area contributed by atoms with E-state index in [-0.39, 0.29) is 6.42 Å². The summed E-state index contributed by atoms with van der Waals surface area (Å²) in [6, 6.07) is 0. The molecule has 96 valence electrons. The zero-order valence-electron chi connectivity index (χ0n) is 10.2. The summed E-state index contributed by atoms with van der Waals surface area (Å²) in [4.78, 5) is 14.1. The molecule has 4 nitrogen and oxygen atoms in total. The number of carbonyl (C=O) groups excluding carboxylic acids is 1. The maximum absolute atomic E-state index is 10.6. The Morgan fingerprint density at radius 3 is 2.25 bits per heavy atom. The summed E-state index contributed by atoms with van der Waals surface area (Å²) in [5.74, 6) is -0.768. The second kappa shape index (κ2) is 10.9. The Balaban J connectivity index is 3.21. The third kappa shape index (κ3) is 9.93. The van der Waals surface area contributed by atoms with Crippen molar-refractivity contribution >= 4 is 5.97 Å². The highest BCUT2D eigenvalue weighted by molar-refractivity contribution is 5.69. The third-order valence-electron chi connectivity index (χ3n) is 2.65. The van der Waals surface area contributed by atoms with E-state index in [4.69, 9.17) is 5.26 Å². The highest BCUT2D eigenvalue weighted by atomic mass is 17.1. The lowest BCUT2D eigenvalue weighted by Crippen LogP contribution is -2.14. The Morgan fingerprint density at radius 1 is 1.12 bits per heavy atom. The quantitative estimate of drug-likeness (QED) is 0.345. The Hall–Kier alpha value is -0.610. The second-order valence-corrected chi connectivity index (χ2v) is 4.23. The minimum atomic E-state index is -0.768. The monoisotopic (exact) mass is 232 g/mol. The highest BCUT2D eigenvalue weighted by Crippen LogP contribution is 2.11. The van der Waals surface area contributed by atoms with E-state index in [0.29, 0.717) is 6.42 Å². The molecular weight excluding hydrogens is 208 g/mol. The van der Waals surface area contributed by atoms with E-state index in [1.165, 1.54) is 32.1 Å². The predicted molar refractivity (Wildman–Crippen MR) is 62.0 cm³/mol. The lowest BCUT2D eigenvalue weighted by atomic mass is 10.1. The average Bonchev–Trinajstić information content (AvgIpc) is 2.27. The zero-order valence-corrected chi connectivity index (χ0v) is 10.2. The Kier molecular flexibility index (Phi) is 10.5. The van der Waals surface area contributed by atoms with Gasteiger partial charge in [0.15, 0.2) is 0 Å². The topological polar surface area (TPSA) is 66.8 Å². The molecule has 0 rings (SSSR count). The SMILES string of the molecule is CCCCCCCCCC(O)CC(=O)OO. The standard InChI is InChI=1S/C12H24O4/c1-2-3-4-5-6-7-8-9-11(13)10-12(14)16-15/h11,13,15H,2-10H2,1H3. The van der Waals surface area contributed by atoms with E-state index >= 15 is 0 Å². The molecule has 2 N–H and O–H groups in total. The second-order valence-electron chi connectivity index (χ2n) is 4.23. The van der Waals surface area contributed by atoms with Crippen LogP contribution in [-0.2, 0) is 9.68 Å². The minimum absolute atomic E-state index is 0.119. The van der Waals surface area contributed by atoms with Crippen molar-refractivity contribution in [3.63, 3.8) is 0 Å². The molecule has 0 saturated heterocycles. The molecule has 0 aromatic rings. The van der Waals surface area contributed by atoms with Gasteiger partial charge in [-0.15, -0.1) is 0 Å². The molecule has 4 heteroatoms. The minimum Gasteiger partial charge on any atom is -0.393 e. The Bertz CT molecular complexity index is 170. The largest absolute Gasteiger partial charge is 0.393 e. The molecule has 0 fully saturated rings. The zero-order chi connectivity index (χ0) is 12.2. The van der Waals surface area contributed by atoms with Crippen molar-refractivity contribution in [1.82, 2.24) is 0 Å². The molecule has 0 bridgehead atoms. The summed E-state index contributed by atoms with van der Waals surface area (Å²) in [7, 11) is 0. The van der Waals surface area contributed by atoms with Crippen LogP contribution in [0.4, 0.5) is 0 Å². The number of hydrogen-bond donors (Lipinski definition) is 2. The molecule has 0 amide bonds. The van der Waals surface area contributed by atoms with Crippen molar-refractivity contribution in [2.75, 3.05) is 0 Å². The number of unbranched alkanes of at least 4 members (excludes halogenated alkanes) is 6. The molecule has 0 aliphatic rings. The van der Waals surface area contributed by atoms with Crippen LogP contribution in [0.15, 0.2) is 0 Å². The Morgan fingerprint density at radius 2 is 1.69 bits per heavy atom. The lowest BCUT2D eigenvalue weighted by molar-refractivity contribution is -0.236. The van der Waals surface area contributed by atoms with Gasteiger partial charge in [-0.2, -0.15) is 5.26 Å². The van der Waals surface area contributed by atoms with Gasteiger partial charge in [0.25, 0.3) is 0 Å². The molecule has 0 aromatic carbocycles. The van der Waals surface area contributed by atoms with E-state index in [1.54, 1.807) is 0 Å². The van der Waals surface area contributed by atoms with Gasteiger partial charge < -0.3 is 9.99 Å². The smallest absolute Gasteiger partial charge is 0.344 e. The van der Waals surface area contributed by atoms with Crippen molar-refractivity contribution in [3.05, 3.63) is 0 Å².